The summed E-state index contributed by atoms with van der Waals surface area (Å²) >= 11 is 5.89. The summed E-state index contributed by atoms with van der Waals surface area (Å²) in [6.45, 7) is -0.204. The van der Waals surface area contributed by atoms with Crippen molar-refractivity contribution in [3.63, 3.8) is 0 Å². The SMILES string of the molecule is O=C(COc1ccccc1Cl)N/N=C\c1ccc(F)cc1. The van der Waals surface area contributed by atoms with Gasteiger partial charge in [0.25, 0.3) is 5.91 Å². The maximum absolute atomic E-state index is 12.7. The van der Waals surface area contributed by atoms with E-state index in [4.69, 9.17) is 16.3 Å². The highest BCUT2D eigenvalue weighted by Crippen LogP contribution is 2.22. The summed E-state index contributed by atoms with van der Waals surface area (Å²) in [5.41, 5.74) is 2.97. The Kier molecular flexibility index (Phi) is 5.29. The summed E-state index contributed by atoms with van der Waals surface area (Å²) in [6.07, 6.45) is 1.41. The normalized spacial score (nSPS) is 10.6. The van der Waals surface area contributed by atoms with Crippen LogP contribution in [0.5, 0.6) is 5.75 Å². The van der Waals surface area contributed by atoms with Crippen LogP contribution >= 0.6 is 11.6 Å². The van der Waals surface area contributed by atoms with Gasteiger partial charge in [0.15, 0.2) is 6.61 Å². The number of nitrogens with zero attached hydrogens (tertiary/aromatic N) is 1. The third kappa shape index (κ3) is 4.89. The van der Waals surface area contributed by atoms with Crippen molar-refractivity contribution in [3.8, 4) is 5.75 Å². The summed E-state index contributed by atoms with van der Waals surface area (Å²) in [5.74, 6) is -0.325. The smallest absolute Gasteiger partial charge is 0.277 e. The van der Waals surface area contributed by atoms with Gasteiger partial charge in [-0.1, -0.05) is 35.9 Å². The Morgan fingerprint density at radius 1 is 1.24 bits per heavy atom. The summed E-state index contributed by atoms with van der Waals surface area (Å²) in [7, 11) is 0. The fourth-order valence-corrected chi connectivity index (χ4v) is 1.66. The summed E-state index contributed by atoms with van der Waals surface area (Å²) in [6, 6.07) is 12.6. The van der Waals surface area contributed by atoms with Crippen LogP contribution in [0.25, 0.3) is 0 Å². The number of carbonyl (C=O) groups excluding carboxylic acids is 1. The average molecular weight is 307 g/mol. The Morgan fingerprint density at radius 3 is 2.67 bits per heavy atom. The zero-order valence-electron chi connectivity index (χ0n) is 10.9. The first-order valence-corrected chi connectivity index (χ1v) is 6.48. The van der Waals surface area contributed by atoms with Gasteiger partial charge in [-0.3, -0.25) is 4.79 Å². The van der Waals surface area contributed by atoms with E-state index in [9.17, 15) is 9.18 Å². The first-order chi connectivity index (χ1) is 10.1. The quantitative estimate of drug-likeness (QED) is 0.682. The molecule has 0 atom stereocenters. The number of ether oxygens (including phenoxy) is 1. The Hall–Kier alpha value is -2.40. The van der Waals surface area contributed by atoms with E-state index in [1.807, 2.05) is 0 Å². The zero-order valence-corrected chi connectivity index (χ0v) is 11.7. The Morgan fingerprint density at radius 2 is 1.95 bits per heavy atom. The lowest BCUT2D eigenvalue weighted by Gasteiger charge is -2.06. The molecule has 0 saturated carbocycles. The number of para-hydroxylation sites is 1. The number of hydrogen-bond donors (Lipinski definition) is 1. The maximum Gasteiger partial charge on any atom is 0.277 e. The molecule has 4 nitrogen and oxygen atoms in total. The minimum Gasteiger partial charge on any atom is -0.482 e. The molecule has 2 rings (SSSR count). The minimum atomic E-state index is -0.423. The lowest BCUT2D eigenvalue weighted by atomic mass is 10.2. The van der Waals surface area contributed by atoms with Crippen LogP contribution in [0, 0.1) is 5.82 Å². The van der Waals surface area contributed by atoms with Gasteiger partial charge in [-0.05, 0) is 29.8 Å². The number of hydrogen-bond acceptors (Lipinski definition) is 3. The molecule has 0 bridgehead atoms. The molecule has 0 heterocycles. The van der Waals surface area contributed by atoms with Crippen molar-refractivity contribution in [1.82, 2.24) is 5.43 Å². The van der Waals surface area contributed by atoms with Crippen LogP contribution in [0.15, 0.2) is 53.6 Å². The van der Waals surface area contributed by atoms with Gasteiger partial charge in [-0.2, -0.15) is 5.10 Å². The lowest BCUT2D eigenvalue weighted by molar-refractivity contribution is -0.123. The second-order valence-corrected chi connectivity index (χ2v) is 4.47. The zero-order chi connectivity index (χ0) is 15.1. The van der Waals surface area contributed by atoms with Gasteiger partial charge in [-0.15, -0.1) is 0 Å². The van der Waals surface area contributed by atoms with Crippen molar-refractivity contribution in [2.45, 2.75) is 0 Å². The van der Waals surface area contributed by atoms with Crippen molar-refractivity contribution in [3.05, 3.63) is 64.9 Å². The van der Waals surface area contributed by atoms with E-state index < -0.39 is 5.91 Å². The van der Waals surface area contributed by atoms with Crippen LogP contribution in [0.3, 0.4) is 0 Å². The molecule has 0 aliphatic carbocycles. The van der Waals surface area contributed by atoms with Gasteiger partial charge in [0.05, 0.1) is 11.2 Å². The molecule has 6 heteroatoms. The molecule has 108 valence electrons. The third-order valence-electron chi connectivity index (χ3n) is 2.47. The van der Waals surface area contributed by atoms with E-state index in [1.165, 1.54) is 18.3 Å². The fourth-order valence-electron chi connectivity index (χ4n) is 1.47. The molecule has 0 radical (unpaired) electrons. The number of rotatable bonds is 5. The topological polar surface area (TPSA) is 50.7 Å². The van der Waals surface area contributed by atoms with E-state index in [0.29, 0.717) is 16.3 Å². The maximum atomic E-state index is 12.7. The highest BCUT2D eigenvalue weighted by Gasteiger charge is 2.04. The second kappa shape index (κ2) is 7.40. The first-order valence-electron chi connectivity index (χ1n) is 6.10. The van der Waals surface area contributed by atoms with Crippen LogP contribution in [-0.2, 0) is 4.79 Å². The fraction of sp³-hybridized carbons (Fsp3) is 0.0667. The van der Waals surface area contributed by atoms with Crippen LogP contribution in [-0.4, -0.2) is 18.7 Å². The van der Waals surface area contributed by atoms with Crippen LogP contribution in [0.1, 0.15) is 5.56 Å². The highest BCUT2D eigenvalue weighted by molar-refractivity contribution is 6.32. The van der Waals surface area contributed by atoms with Crippen molar-refractivity contribution in [2.75, 3.05) is 6.61 Å². The van der Waals surface area contributed by atoms with E-state index >= 15 is 0 Å². The molecule has 1 N–H and O–H groups in total. The largest absolute Gasteiger partial charge is 0.482 e. The van der Waals surface area contributed by atoms with Gasteiger partial charge in [-0.25, -0.2) is 9.82 Å². The number of amides is 1. The summed E-state index contributed by atoms with van der Waals surface area (Å²) < 4.78 is 17.9. The first kappa shape index (κ1) is 15.0. The van der Waals surface area contributed by atoms with Gasteiger partial charge >= 0.3 is 0 Å². The number of benzene rings is 2. The highest BCUT2D eigenvalue weighted by atomic mass is 35.5. The van der Waals surface area contributed by atoms with E-state index in [2.05, 4.69) is 10.5 Å². The molecule has 0 spiro atoms. The van der Waals surface area contributed by atoms with Gasteiger partial charge in [0, 0.05) is 0 Å². The second-order valence-electron chi connectivity index (χ2n) is 4.06. The predicted molar refractivity (Wildman–Crippen MR) is 79.1 cm³/mol. The molecule has 2 aromatic carbocycles. The van der Waals surface area contributed by atoms with Gasteiger partial charge in [0.1, 0.15) is 11.6 Å². The number of halogens is 2. The molecule has 0 saturated heterocycles. The minimum absolute atomic E-state index is 0.204. The molecule has 0 unspecified atom stereocenters. The summed E-state index contributed by atoms with van der Waals surface area (Å²) in [4.78, 5) is 11.5. The number of carbonyl (C=O) groups is 1. The lowest BCUT2D eigenvalue weighted by Crippen LogP contribution is -2.24. The molecule has 2 aromatic rings. The predicted octanol–water partition coefficient (Wildman–Crippen LogP) is 3.01. The summed E-state index contributed by atoms with van der Waals surface area (Å²) in [5, 5.41) is 4.18. The third-order valence-corrected chi connectivity index (χ3v) is 2.78. The van der Waals surface area contributed by atoms with E-state index in [-0.39, 0.29) is 12.4 Å². The van der Waals surface area contributed by atoms with Crippen molar-refractivity contribution in [1.29, 1.82) is 0 Å². The number of nitrogens with one attached hydrogen (secondary N) is 1. The molecule has 0 aromatic heterocycles. The molecule has 0 aliphatic rings. The van der Waals surface area contributed by atoms with Gasteiger partial charge in [0.2, 0.25) is 0 Å². The van der Waals surface area contributed by atoms with Crippen LogP contribution in [0.4, 0.5) is 4.39 Å². The molecular formula is C15H12ClFN2O2. The Bertz CT molecular complexity index is 644. The van der Waals surface area contributed by atoms with Crippen molar-refractivity contribution >= 4 is 23.7 Å². The van der Waals surface area contributed by atoms with E-state index in [0.717, 1.165) is 0 Å². The monoisotopic (exact) mass is 306 g/mol. The van der Waals surface area contributed by atoms with Crippen LogP contribution in [0.2, 0.25) is 5.02 Å². The van der Waals surface area contributed by atoms with Crippen LogP contribution < -0.4 is 10.2 Å². The van der Waals surface area contributed by atoms with Gasteiger partial charge < -0.3 is 4.74 Å². The average Bonchev–Trinajstić information content (AvgIpc) is 2.48. The van der Waals surface area contributed by atoms with Crippen molar-refractivity contribution in [2.24, 2.45) is 5.10 Å². The molecule has 21 heavy (non-hydrogen) atoms. The number of hydrazone groups is 1. The molecular weight excluding hydrogens is 295 g/mol. The molecule has 0 fully saturated rings. The molecule has 0 aliphatic heterocycles. The Labute approximate surface area is 126 Å². The van der Waals surface area contributed by atoms with E-state index in [1.54, 1.807) is 36.4 Å². The Balaban J connectivity index is 1.80. The molecule has 1 amide bonds. The van der Waals surface area contributed by atoms with Crippen molar-refractivity contribution < 1.29 is 13.9 Å². The standard InChI is InChI=1S/C15H12ClFN2O2/c16-13-3-1-2-4-14(13)21-10-15(20)19-18-9-11-5-7-12(17)8-6-11/h1-9H,10H2,(H,19,20)/b18-9-.